The monoisotopic (exact) mass is 477 g/mol. The van der Waals surface area contributed by atoms with Gasteiger partial charge in [0.2, 0.25) is 0 Å². The summed E-state index contributed by atoms with van der Waals surface area (Å²) in [5, 5.41) is 5.68. The largest absolute Gasteiger partial charge is 0.491 e. The molecule has 1 aliphatic heterocycles. The average molecular weight is 477 g/mol. The maximum atomic E-state index is 5.94. The Bertz CT molecular complexity index is 1510. The second-order valence-electron chi connectivity index (χ2n) is 9.37. The van der Waals surface area contributed by atoms with E-state index >= 15 is 0 Å². The molecular weight excluding hydrogens is 449 g/mol. The van der Waals surface area contributed by atoms with E-state index in [0.29, 0.717) is 6.61 Å². The van der Waals surface area contributed by atoms with Crippen molar-refractivity contribution < 1.29 is 4.74 Å². The second kappa shape index (κ2) is 9.68. The van der Waals surface area contributed by atoms with Crippen LogP contribution in [0, 0.1) is 0 Å². The smallest absolute Gasteiger partial charge is 0.163 e. The molecule has 0 radical (unpaired) electrons. The minimum Gasteiger partial charge on any atom is -0.491 e. The molecule has 1 saturated heterocycles. The average Bonchev–Trinajstić information content (AvgIpc) is 3.33. The fraction of sp³-hybridized carbons (Fsp3) is 0.259. The molecule has 0 unspecified atom stereocenters. The van der Waals surface area contributed by atoms with Crippen LogP contribution in [-0.2, 0) is 0 Å². The predicted octanol–water partition coefficient (Wildman–Crippen LogP) is 1.89. The number of nitrogens with zero attached hydrogens (tertiary/aromatic N) is 7. The number of hydrogen-bond acceptors (Lipinski definition) is 7. The van der Waals surface area contributed by atoms with Gasteiger partial charge in [0.05, 0.1) is 23.6 Å². The van der Waals surface area contributed by atoms with Gasteiger partial charge in [0, 0.05) is 61.6 Å². The molecule has 0 atom stereocenters. The van der Waals surface area contributed by atoms with Crippen LogP contribution in [0.25, 0.3) is 38.9 Å². The van der Waals surface area contributed by atoms with Crippen molar-refractivity contribution in [2.24, 2.45) is 0 Å². The maximum Gasteiger partial charge on any atom is 0.163 e. The lowest BCUT2D eigenvalue weighted by atomic mass is 9.99. The summed E-state index contributed by atoms with van der Waals surface area (Å²) in [5.74, 6) is 0.781. The number of pyridine rings is 2. The molecule has 0 N–H and O–H groups in total. The molecule has 1 aliphatic rings. The van der Waals surface area contributed by atoms with Crippen LogP contribution in [0.15, 0.2) is 67.3 Å². The Hall–Kier alpha value is -3.82. The van der Waals surface area contributed by atoms with Gasteiger partial charge in [0.1, 0.15) is 12.4 Å². The van der Waals surface area contributed by atoms with Crippen molar-refractivity contribution in [2.45, 2.75) is 0 Å². The summed E-state index contributed by atoms with van der Waals surface area (Å²) < 4.78 is 7.75. The highest BCUT2D eigenvalue weighted by molar-refractivity contribution is 6.31. The lowest BCUT2D eigenvalue weighted by molar-refractivity contribution is 0.133. The van der Waals surface area contributed by atoms with Crippen LogP contribution in [0.5, 0.6) is 5.75 Å². The summed E-state index contributed by atoms with van der Waals surface area (Å²) in [6, 6.07) is 14.2. The number of likely N-dealkylation sites (N-methyl/N-ethyl adjacent to an activating group) is 1. The minimum atomic E-state index is 0.664. The Balaban J connectivity index is 1.18. The molecule has 0 bridgehead atoms. The van der Waals surface area contributed by atoms with Crippen molar-refractivity contribution >= 4 is 30.0 Å². The molecule has 5 aromatic rings. The van der Waals surface area contributed by atoms with E-state index in [9.17, 15) is 0 Å². The molecule has 5 heterocycles. The van der Waals surface area contributed by atoms with Crippen LogP contribution in [0.2, 0.25) is 0 Å². The SMILES string of the molecule is Bc1ccc2c(-c3cnn4cc(-c5ccc(OCCN6CCN(C)CC6)cn5)cnc34)cccc2n1. The third-order valence-corrected chi connectivity index (χ3v) is 6.82. The lowest BCUT2D eigenvalue weighted by Crippen LogP contribution is -2.45. The number of benzene rings is 1. The number of ether oxygens (including phenoxy) is 1. The number of hydrogen-bond donors (Lipinski definition) is 0. The fourth-order valence-electron chi connectivity index (χ4n) is 4.69. The minimum absolute atomic E-state index is 0.664. The quantitative estimate of drug-likeness (QED) is 0.346. The molecule has 9 heteroatoms. The van der Waals surface area contributed by atoms with Gasteiger partial charge >= 0.3 is 0 Å². The topological polar surface area (TPSA) is 71.7 Å². The summed E-state index contributed by atoms with van der Waals surface area (Å²) in [6.45, 7) is 6.02. The first-order valence-corrected chi connectivity index (χ1v) is 12.3. The van der Waals surface area contributed by atoms with E-state index in [4.69, 9.17) is 9.72 Å². The molecule has 36 heavy (non-hydrogen) atoms. The third kappa shape index (κ3) is 4.55. The Morgan fingerprint density at radius 2 is 1.81 bits per heavy atom. The first-order valence-electron chi connectivity index (χ1n) is 12.3. The highest BCUT2D eigenvalue weighted by Gasteiger charge is 2.14. The van der Waals surface area contributed by atoms with Crippen molar-refractivity contribution in [2.75, 3.05) is 46.4 Å². The molecular formula is C27H28BN7O. The number of fused-ring (bicyclic) bond motifs is 2. The Labute approximate surface area is 211 Å². The van der Waals surface area contributed by atoms with Crippen molar-refractivity contribution in [3.8, 4) is 28.1 Å². The van der Waals surface area contributed by atoms with Gasteiger partial charge in [-0.05, 0) is 36.4 Å². The lowest BCUT2D eigenvalue weighted by Gasteiger charge is -2.32. The van der Waals surface area contributed by atoms with Crippen LogP contribution in [0.3, 0.4) is 0 Å². The van der Waals surface area contributed by atoms with E-state index < -0.39 is 0 Å². The van der Waals surface area contributed by atoms with Crippen LogP contribution < -0.4 is 10.3 Å². The van der Waals surface area contributed by atoms with Crippen LogP contribution in [0.1, 0.15) is 0 Å². The highest BCUT2D eigenvalue weighted by Crippen LogP contribution is 2.30. The summed E-state index contributed by atoms with van der Waals surface area (Å²) in [5.41, 5.74) is 6.56. The van der Waals surface area contributed by atoms with Gasteiger partial charge in [-0.3, -0.25) is 14.9 Å². The summed E-state index contributed by atoms with van der Waals surface area (Å²) >= 11 is 0. The molecule has 8 nitrogen and oxygen atoms in total. The Morgan fingerprint density at radius 3 is 2.64 bits per heavy atom. The van der Waals surface area contributed by atoms with E-state index in [1.54, 1.807) is 6.20 Å². The summed E-state index contributed by atoms with van der Waals surface area (Å²) in [7, 11) is 4.18. The van der Waals surface area contributed by atoms with Crippen LogP contribution in [-0.4, -0.2) is 88.6 Å². The third-order valence-electron chi connectivity index (χ3n) is 6.82. The second-order valence-corrected chi connectivity index (χ2v) is 9.37. The van der Waals surface area contributed by atoms with Crippen LogP contribution in [0.4, 0.5) is 0 Å². The normalized spacial score (nSPS) is 15.0. The number of rotatable bonds is 6. The standard InChI is InChI=1S/C27H28BN7O/c1-33-9-11-34(12-10-33)13-14-36-20-5-7-24(29-16-20)19-15-30-27-23(17-31-35(27)18-19)21-3-2-4-25-22(21)6-8-26(28)32-25/h2-8,15-18H,9-14,28H2,1H3. The molecule has 180 valence electrons. The molecule has 0 saturated carbocycles. The molecule has 1 fully saturated rings. The fourth-order valence-corrected chi connectivity index (χ4v) is 4.69. The van der Waals surface area contributed by atoms with Crippen molar-refractivity contribution in [3.05, 3.63) is 67.3 Å². The van der Waals surface area contributed by atoms with E-state index in [-0.39, 0.29) is 0 Å². The van der Waals surface area contributed by atoms with Crippen molar-refractivity contribution in [3.63, 3.8) is 0 Å². The van der Waals surface area contributed by atoms with Crippen molar-refractivity contribution in [1.29, 1.82) is 0 Å². The molecule has 0 aliphatic carbocycles. The highest BCUT2D eigenvalue weighted by atomic mass is 16.5. The van der Waals surface area contributed by atoms with Gasteiger partial charge in [-0.15, -0.1) is 0 Å². The van der Waals surface area contributed by atoms with Gasteiger partial charge in [-0.25, -0.2) is 9.50 Å². The predicted molar refractivity (Wildman–Crippen MR) is 145 cm³/mol. The molecule has 1 aromatic carbocycles. The molecule has 0 spiro atoms. The summed E-state index contributed by atoms with van der Waals surface area (Å²) in [6.07, 6.45) is 7.47. The van der Waals surface area contributed by atoms with Gasteiger partial charge in [0.25, 0.3) is 0 Å². The van der Waals surface area contributed by atoms with Crippen molar-refractivity contribution in [1.82, 2.24) is 34.4 Å². The molecule has 4 aromatic heterocycles. The van der Waals surface area contributed by atoms with Gasteiger partial charge in [0.15, 0.2) is 13.5 Å². The van der Waals surface area contributed by atoms with E-state index in [1.165, 1.54) is 0 Å². The summed E-state index contributed by atoms with van der Waals surface area (Å²) in [4.78, 5) is 18.8. The van der Waals surface area contributed by atoms with E-state index in [2.05, 4.69) is 44.0 Å². The zero-order chi connectivity index (χ0) is 24.5. The van der Waals surface area contributed by atoms with Crippen LogP contribution >= 0.6 is 0 Å². The Kier molecular flexibility index (Phi) is 6.09. The zero-order valence-electron chi connectivity index (χ0n) is 20.6. The first-order chi connectivity index (χ1) is 17.6. The number of piperazine rings is 1. The van der Waals surface area contributed by atoms with Gasteiger partial charge in [-0.2, -0.15) is 5.10 Å². The van der Waals surface area contributed by atoms with E-state index in [0.717, 1.165) is 83.0 Å². The van der Waals surface area contributed by atoms with E-state index in [1.807, 2.05) is 61.3 Å². The molecule has 0 amide bonds. The maximum absolute atomic E-state index is 5.94. The van der Waals surface area contributed by atoms with Gasteiger partial charge in [-0.1, -0.05) is 24.3 Å². The molecule has 6 rings (SSSR count). The Morgan fingerprint density at radius 1 is 0.917 bits per heavy atom. The first kappa shape index (κ1) is 22.6. The zero-order valence-corrected chi connectivity index (χ0v) is 20.6. The number of aromatic nitrogens is 5. The van der Waals surface area contributed by atoms with Gasteiger partial charge < -0.3 is 9.64 Å².